The fraction of sp³-hybridized carbons (Fsp3) is 0.261. The molecule has 4 aromatic rings. The van der Waals surface area contributed by atoms with Crippen LogP contribution in [0.15, 0.2) is 42.6 Å². The van der Waals surface area contributed by atoms with E-state index in [1.165, 1.54) is 30.3 Å². The highest BCUT2D eigenvalue weighted by Crippen LogP contribution is 2.39. The van der Waals surface area contributed by atoms with Crippen LogP contribution in [0.4, 0.5) is 19.1 Å². The third-order valence-corrected chi connectivity index (χ3v) is 4.94. The van der Waals surface area contributed by atoms with Gasteiger partial charge >= 0.3 is 0 Å². The van der Waals surface area contributed by atoms with Gasteiger partial charge in [0.2, 0.25) is 11.8 Å². The zero-order valence-corrected chi connectivity index (χ0v) is 18.7. The average Bonchev–Trinajstić information content (AvgIpc) is 3.27. The Kier molecular flexibility index (Phi) is 6.44. The summed E-state index contributed by atoms with van der Waals surface area (Å²) in [5.74, 6) is -0.461. The van der Waals surface area contributed by atoms with Crippen LogP contribution in [0.25, 0.3) is 22.4 Å². The molecule has 0 radical (unpaired) electrons. The fourth-order valence-corrected chi connectivity index (χ4v) is 3.36. The van der Waals surface area contributed by atoms with Crippen molar-refractivity contribution in [2.75, 3.05) is 5.73 Å². The standard InChI is InChI=1S/C23H22F3N7O/c1-12(2)33-10-17(31-32-33)11-34-22-19(15-8-13(3)28-18(9-15)21(25)26)20(29-23(27)30-22)14-4-6-16(24)7-5-14/h4-10,12,21H,11H2,1-3H3,(H2,27,29,30). The largest absolute Gasteiger partial charge is 0.470 e. The van der Waals surface area contributed by atoms with Gasteiger partial charge in [-0.05, 0) is 62.7 Å². The number of nitrogens with zero attached hydrogens (tertiary/aromatic N) is 6. The molecule has 34 heavy (non-hydrogen) atoms. The number of nitrogen functional groups attached to an aromatic ring is 1. The molecule has 11 heteroatoms. The van der Waals surface area contributed by atoms with Crippen molar-refractivity contribution >= 4 is 5.95 Å². The summed E-state index contributed by atoms with van der Waals surface area (Å²) in [7, 11) is 0. The second-order valence-corrected chi connectivity index (χ2v) is 7.91. The second kappa shape index (κ2) is 9.46. The molecular formula is C23H22F3N7O. The van der Waals surface area contributed by atoms with E-state index < -0.39 is 17.9 Å². The van der Waals surface area contributed by atoms with Crippen molar-refractivity contribution in [1.82, 2.24) is 29.9 Å². The number of aryl methyl sites for hydroxylation is 1. The molecular weight excluding hydrogens is 447 g/mol. The van der Waals surface area contributed by atoms with Gasteiger partial charge < -0.3 is 10.5 Å². The van der Waals surface area contributed by atoms with Crippen molar-refractivity contribution in [3.63, 3.8) is 0 Å². The summed E-state index contributed by atoms with van der Waals surface area (Å²) in [6.45, 7) is 5.54. The van der Waals surface area contributed by atoms with E-state index in [4.69, 9.17) is 10.5 Å². The van der Waals surface area contributed by atoms with E-state index in [1.807, 2.05) is 13.8 Å². The summed E-state index contributed by atoms with van der Waals surface area (Å²) in [5, 5.41) is 8.13. The Morgan fingerprint density at radius 1 is 1.03 bits per heavy atom. The molecule has 3 aromatic heterocycles. The molecule has 8 nitrogen and oxygen atoms in total. The van der Waals surface area contributed by atoms with Crippen molar-refractivity contribution in [3.05, 3.63) is 65.5 Å². The first-order valence-corrected chi connectivity index (χ1v) is 10.5. The Morgan fingerprint density at radius 3 is 2.41 bits per heavy atom. The van der Waals surface area contributed by atoms with E-state index in [0.29, 0.717) is 33.8 Å². The van der Waals surface area contributed by atoms with Crippen molar-refractivity contribution in [2.45, 2.75) is 39.8 Å². The summed E-state index contributed by atoms with van der Waals surface area (Å²) in [5.41, 5.74) is 7.97. The Balaban J connectivity index is 1.85. The van der Waals surface area contributed by atoms with E-state index in [-0.39, 0.29) is 24.5 Å². The van der Waals surface area contributed by atoms with Crippen molar-refractivity contribution in [2.24, 2.45) is 0 Å². The van der Waals surface area contributed by atoms with Crippen LogP contribution in [-0.4, -0.2) is 29.9 Å². The number of rotatable bonds is 7. The van der Waals surface area contributed by atoms with Crippen molar-refractivity contribution in [1.29, 1.82) is 0 Å². The van der Waals surface area contributed by atoms with E-state index in [2.05, 4.69) is 25.3 Å². The number of nitrogens with two attached hydrogens (primary N) is 1. The van der Waals surface area contributed by atoms with Crippen LogP contribution in [-0.2, 0) is 6.61 Å². The Bertz CT molecular complexity index is 1310. The minimum absolute atomic E-state index is 0.00476. The summed E-state index contributed by atoms with van der Waals surface area (Å²) in [6.07, 6.45) is -1.04. The smallest absolute Gasteiger partial charge is 0.280 e. The van der Waals surface area contributed by atoms with E-state index in [0.717, 1.165) is 0 Å². The molecule has 0 saturated heterocycles. The number of alkyl halides is 2. The Labute approximate surface area is 193 Å². The lowest BCUT2D eigenvalue weighted by molar-refractivity contribution is 0.146. The van der Waals surface area contributed by atoms with Gasteiger partial charge in [0.05, 0.1) is 17.5 Å². The number of benzene rings is 1. The van der Waals surface area contributed by atoms with Gasteiger partial charge in [-0.3, -0.25) is 4.98 Å². The minimum atomic E-state index is -2.78. The first kappa shape index (κ1) is 23.1. The SMILES string of the molecule is Cc1cc(-c2c(OCc3cn(C(C)C)nn3)nc(N)nc2-c2ccc(F)cc2)cc(C(F)F)n1. The predicted molar refractivity (Wildman–Crippen MR) is 120 cm³/mol. The van der Waals surface area contributed by atoms with Gasteiger partial charge in [-0.1, -0.05) is 5.21 Å². The molecule has 0 amide bonds. The zero-order chi connectivity index (χ0) is 24.4. The van der Waals surface area contributed by atoms with Gasteiger partial charge in [-0.2, -0.15) is 4.98 Å². The maximum absolute atomic E-state index is 13.6. The number of anilines is 1. The highest BCUT2D eigenvalue weighted by Gasteiger charge is 2.22. The monoisotopic (exact) mass is 469 g/mol. The van der Waals surface area contributed by atoms with E-state index >= 15 is 0 Å². The van der Waals surface area contributed by atoms with E-state index in [9.17, 15) is 13.2 Å². The Morgan fingerprint density at radius 2 is 1.76 bits per heavy atom. The molecule has 0 aliphatic carbocycles. The molecule has 0 spiro atoms. The van der Waals surface area contributed by atoms with Gasteiger partial charge in [0.1, 0.15) is 23.8 Å². The second-order valence-electron chi connectivity index (χ2n) is 7.91. The van der Waals surface area contributed by atoms with Gasteiger partial charge in [0.15, 0.2) is 0 Å². The number of aromatic nitrogens is 6. The summed E-state index contributed by atoms with van der Waals surface area (Å²) >= 11 is 0. The Hall–Kier alpha value is -4.02. The molecule has 0 atom stereocenters. The molecule has 3 heterocycles. The topological polar surface area (TPSA) is 105 Å². The van der Waals surface area contributed by atoms with E-state index in [1.54, 1.807) is 23.9 Å². The van der Waals surface area contributed by atoms with Crippen LogP contribution < -0.4 is 10.5 Å². The lowest BCUT2D eigenvalue weighted by Crippen LogP contribution is -2.06. The normalized spacial score (nSPS) is 11.4. The first-order valence-electron chi connectivity index (χ1n) is 10.5. The predicted octanol–water partition coefficient (Wildman–Crippen LogP) is 4.92. The van der Waals surface area contributed by atoms with Gasteiger partial charge in [-0.15, -0.1) is 5.10 Å². The highest BCUT2D eigenvalue weighted by molar-refractivity contribution is 5.85. The maximum Gasteiger partial charge on any atom is 0.280 e. The zero-order valence-electron chi connectivity index (χ0n) is 18.7. The molecule has 0 fully saturated rings. The van der Waals surface area contributed by atoms with Crippen LogP contribution in [0.2, 0.25) is 0 Å². The molecule has 2 N–H and O–H groups in total. The molecule has 1 aromatic carbocycles. The summed E-state index contributed by atoms with van der Waals surface area (Å²) in [6, 6.07) is 8.55. The third kappa shape index (κ3) is 4.98. The first-order chi connectivity index (χ1) is 16.2. The average molecular weight is 469 g/mol. The summed E-state index contributed by atoms with van der Waals surface area (Å²) < 4.78 is 48.2. The molecule has 0 bridgehead atoms. The number of ether oxygens (including phenoxy) is 1. The van der Waals surface area contributed by atoms with Crippen LogP contribution in [0.1, 0.15) is 43.4 Å². The molecule has 176 valence electrons. The third-order valence-electron chi connectivity index (χ3n) is 4.94. The minimum Gasteiger partial charge on any atom is -0.470 e. The fourth-order valence-electron chi connectivity index (χ4n) is 3.36. The van der Waals surface area contributed by atoms with Crippen LogP contribution in [0.3, 0.4) is 0 Å². The number of halogens is 3. The van der Waals surface area contributed by atoms with Crippen LogP contribution in [0, 0.1) is 12.7 Å². The molecule has 4 rings (SSSR count). The lowest BCUT2D eigenvalue weighted by atomic mass is 9.99. The molecule has 0 unspecified atom stereocenters. The quantitative estimate of drug-likeness (QED) is 0.409. The highest BCUT2D eigenvalue weighted by atomic mass is 19.3. The van der Waals surface area contributed by atoms with Crippen LogP contribution in [0.5, 0.6) is 5.88 Å². The molecule has 0 aliphatic heterocycles. The van der Waals surface area contributed by atoms with Crippen molar-refractivity contribution < 1.29 is 17.9 Å². The number of pyridine rings is 1. The van der Waals surface area contributed by atoms with Gasteiger partial charge in [-0.25, -0.2) is 22.8 Å². The molecule has 0 saturated carbocycles. The summed E-state index contributed by atoms with van der Waals surface area (Å²) in [4.78, 5) is 12.4. The van der Waals surface area contributed by atoms with Gasteiger partial charge in [0, 0.05) is 17.3 Å². The van der Waals surface area contributed by atoms with Crippen LogP contribution >= 0.6 is 0 Å². The maximum atomic E-state index is 13.6. The van der Waals surface area contributed by atoms with Crippen molar-refractivity contribution in [3.8, 4) is 28.3 Å². The number of hydrogen-bond acceptors (Lipinski definition) is 7. The molecule has 0 aliphatic rings. The van der Waals surface area contributed by atoms with Gasteiger partial charge in [0.25, 0.3) is 6.43 Å². The lowest BCUT2D eigenvalue weighted by Gasteiger charge is -2.16. The number of hydrogen-bond donors (Lipinski definition) is 1.